The van der Waals surface area contributed by atoms with E-state index in [0.717, 1.165) is 11.1 Å². The second kappa shape index (κ2) is 7.49. The average molecular weight is 427 g/mol. The van der Waals surface area contributed by atoms with Crippen LogP contribution in [0.1, 0.15) is 16.1 Å². The number of nitrogens with zero attached hydrogens (tertiary/aromatic N) is 1. The molecule has 4 rings (SSSR count). The van der Waals surface area contributed by atoms with Crippen molar-refractivity contribution in [2.45, 2.75) is 0 Å². The number of hydrogen-bond acceptors (Lipinski definition) is 4. The summed E-state index contributed by atoms with van der Waals surface area (Å²) in [5.74, 6) is -2.44. The van der Waals surface area contributed by atoms with Crippen molar-refractivity contribution in [2.24, 2.45) is 0 Å². The van der Waals surface area contributed by atoms with Crippen molar-refractivity contribution in [3.8, 4) is 11.3 Å². The van der Waals surface area contributed by atoms with E-state index in [-0.39, 0.29) is 27.6 Å². The molecule has 3 aromatic rings. The van der Waals surface area contributed by atoms with E-state index in [9.17, 15) is 18.8 Å². The molecule has 0 radical (unpaired) electrons. The zero-order valence-electron chi connectivity index (χ0n) is 15.1. The summed E-state index contributed by atoms with van der Waals surface area (Å²) < 4.78 is 19.0. The van der Waals surface area contributed by atoms with Gasteiger partial charge in [0.1, 0.15) is 22.9 Å². The molecule has 1 aliphatic heterocycles. The lowest BCUT2D eigenvalue weighted by Crippen LogP contribution is -2.35. The summed E-state index contributed by atoms with van der Waals surface area (Å²) in [6.45, 7) is 0. The number of nitrogens with one attached hydrogen (secondary N) is 1. The molecule has 1 saturated heterocycles. The Kier molecular flexibility index (Phi) is 4.85. The Morgan fingerprint density at radius 3 is 2.67 bits per heavy atom. The number of anilines is 1. The van der Waals surface area contributed by atoms with Crippen molar-refractivity contribution in [1.29, 1.82) is 0 Å². The number of carbonyl (C=O) groups excluding carboxylic acids is 2. The summed E-state index contributed by atoms with van der Waals surface area (Å²) in [5.41, 5.74) is 3.03. The van der Waals surface area contributed by atoms with Crippen LogP contribution in [0.2, 0.25) is 5.02 Å². The number of hydrazine groups is 1. The highest BCUT2D eigenvalue weighted by Crippen LogP contribution is 2.28. The van der Waals surface area contributed by atoms with Crippen LogP contribution in [0.4, 0.5) is 10.1 Å². The van der Waals surface area contributed by atoms with Crippen molar-refractivity contribution in [3.05, 3.63) is 82.3 Å². The third-order valence-corrected chi connectivity index (χ3v) is 4.65. The number of benzene rings is 2. The molecule has 7 nitrogen and oxygen atoms in total. The van der Waals surface area contributed by atoms with Gasteiger partial charge in [0.2, 0.25) is 0 Å². The molecule has 0 atom stereocenters. The molecule has 0 bridgehead atoms. The maximum atomic E-state index is 13.4. The number of carboxylic acid groups (broad SMARTS) is 1. The maximum absolute atomic E-state index is 13.4. The molecule has 150 valence electrons. The molecule has 2 aromatic carbocycles. The number of amides is 2. The van der Waals surface area contributed by atoms with Gasteiger partial charge in [0.15, 0.2) is 0 Å². The van der Waals surface area contributed by atoms with Crippen molar-refractivity contribution in [1.82, 2.24) is 5.43 Å². The molecule has 1 fully saturated rings. The third-order valence-electron chi connectivity index (χ3n) is 4.36. The first-order chi connectivity index (χ1) is 14.3. The van der Waals surface area contributed by atoms with E-state index < -0.39 is 23.6 Å². The Bertz CT molecular complexity index is 1230. The molecular weight excluding hydrogens is 415 g/mol. The maximum Gasteiger partial charge on any atom is 0.335 e. The van der Waals surface area contributed by atoms with Gasteiger partial charge < -0.3 is 9.52 Å². The molecule has 2 amide bonds. The van der Waals surface area contributed by atoms with Crippen molar-refractivity contribution in [3.63, 3.8) is 0 Å². The zero-order chi connectivity index (χ0) is 21.4. The SMILES string of the molecule is O=C1NN(c2ccc(F)c(Cl)c2)C(=O)C1=Cc1ccc(-c2cccc(C(=O)O)c2)o1. The molecule has 0 spiro atoms. The van der Waals surface area contributed by atoms with Gasteiger partial charge in [-0.25, -0.2) is 14.2 Å². The Morgan fingerprint density at radius 1 is 1.13 bits per heavy atom. The minimum Gasteiger partial charge on any atom is -0.478 e. The van der Waals surface area contributed by atoms with Gasteiger partial charge in [-0.05, 0) is 48.5 Å². The van der Waals surface area contributed by atoms with E-state index >= 15 is 0 Å². The standard InChI is InChI=1S/C21H12ClFN2O5/c22-16-9-13(4-6-17(16)23)25-20(27)15(19(26)24-25)10-14-5-7-18(30-14)11-2-1-3-12(8-11)21(28)29/h1-10H,(H,24,26)(H,28,29). The fraction of sp³-hybridized carbons (Fsp3) is 0. The second-order valence-electron chi connectivity index (χ2n) is 6.33. The van der Waals surface area contributed by atoms with Gasteiger partial charge in [0, 0.05) is 5.56 Å². The zero-order valence-corrected chi connectivity index (χ0v) is 15.8. The molecular formula is C21H12ClFN2O5. The number of rotatable bonds is 4. The van der Waals surface area contributed by atoms with Gasteiger partial charge in [-0.1, -0.05) is 23.7 Å². The van der Waals surface area contributed by atoms with Crippen LogP contribution in [0.3, 0.4) is 0 Å². The molecule has 0 unspecified atom stereocenters. The molecule has 30 heavy (non-hydrogen) atoms. The molecule has 1 aliphatic rings. The fourth-order valence-electron chi connectivity index (χ4n) is 2.90. The number of aromatic carboxylic acids is 1. The third kappa shape index (κ3) is 3.56. The number of halogens is 2. The molecule has 2 heterocycles. The van der Waals surface area contributed by atoms with Crippen LogP contribution >= 0.6 is 11.6 Å². The quantitative estimate of drug-likeness (QED) is 0.487. The van der Waals surface area contributed by atoms with Crippen LogP contribution in [-0.2, 0) is 9.59 Å². The van der Waals surface area contributed by atoms with Gasteiger partial charge in [0.05, 0.1) is 16.3 Å². The first kappa shape index (κ1) is 19.4. The number of furan rings is 1. The first-order valence-electron chi connectivity index (χ1n) is 8.59. The summed E-state index contributed by atoms with van der Waals surface area (Å²) in [5, 5.41) is 9.87. The monoisotopic (exact) mass is 426 g/mol. The largest absolute Gasteiger partial charge is 0.478 e. The highest BCUT2D eigenvalue weighted by Gasteiger charge is 2.35. The Hall–Kier alpha value is -3.91. The van der Waals surface area contributed by atoms with Gasteiger partial charge in [-0.2, -0.15) is 0 Å². The lowest BCUT2D eigenvalue weighted by atomic mass is 10.1. The van der Waals surface area contributed by atoms with E-state index in [2.05, 4.69) is 5.43 Å². The van der Waals surface area contributed by atoms with Gasteiger partial charge in [-0.3, -0.25) is 15.0 Å². The minimum atomic E-state index is -1.07. The smallest absolute Gasteiger partial charge is 0.335 e. The van der Waals surface area contributed by atoms with E-state index in [1.54, 1.807) is 24.3 Å². The molecule has 1 aromatic heterocycles. The van der Waals surface area contributed by atoms with Crippen molar-refractivity contribution in [2.75, 3.05) is 5.01 Å². The molecule has 0 aliphatic carbocycles. The van der Waals surface area contributed by atoms with Crippen LogP contribution < -0.4 is 10.4 Å². The topological polar surface area (TPSA) is 99.9 Å². The second-order valence-corrected chi connectivity index (χ2v) is 6.73. The number of hydrogen-bond donors (Lipinski definition) is 2. The fourth-order valence-corrected chi connectivity index (χ4v) is 3.07. The highest BCUT2D eigenvalue weighted by molar-refractivity contribution is 6.33. The Balaban J connectivity index is 1.62. The molecule has 2 N–H and O–H groups in total. The first-order valence-corrected chi connectivity index (χ1v) is 8.97. The van der Waals surface area contributed by atoms with Gasteiger partial charge >= 0.3 is 5.97 Å². The molecule has 9 heteroatoms. The van der Waals surface area contributed by atoms with Crippen LogP contribution in [0, 0.1) is 5.82 Å². The summed E-state index contributed by atoms with van der Waals surface area (Å²) in [7, 11) is 0. The van der Waals surface area contributed by atoms with E-state index in [1.165, 1.54) is 30.3 Å². The van der Waals surface area contributed by atoms with E-state index in [0.29, 0.717) is 11.3 Å². The highest BCUT2D eigenvalue weighted by atomic mass is 35.5. The average Bonchev–Trinajstić information content (AvgIpc) is 3.30. The lowest BCUT2D eigenvalue weighted by Gasteiger charge is -2.14. The Labute approximate surface area is 173 Å². The Morgan fingerprint density at radius 2 is 1.93 bits per heavy atom. The van der Waals surface area contributed by atoms with Gasteiger partial charge in [-0.15, -0.1) is 0 Å². The minimum absolute atomic E-state index is 0.0998. The summed E-state index contributed by atoms with van der Waals surface area (Å²) >= 11 is 5.74. The summed E-state index contributed by atoms with van der Waals surface area (Å²) in [4.78, 5) is 36.0. The normalized spacial score (nSPS) is 15.0. The van der Waals surface area contributed by atoms with Crippen LogP contribution in [0.25, 0.3) is 17.4 Å². The number of carbonyl (C=O) groups is 3. The van der Waals surface area contributed by atoms with Gasteiger partial charge in [0.25, 0.3) is 11.8 Å². The summed E-state index contributed by atoms with van der Waals surface area (Å²) in [6, 6.07) is 12.9. The van der Waals surface area contributed by atoms with Crippen molar-refractivity contribution < 1.29 is 28.3 Å². The summed E-state index contributed by atoms with van der Waals surface area (Å²) in [6.07, 6.45) is 1.27. The molecule has 0 saturated carbocycles. The predicted molar refractivity (Wildman–Crippen MR) is 106 cm³/mol. The van der Waals surface area contributed by atoms with E-state index in [1.807, 2.05) is 0 Å². The van der Waals surface area contributed by atoms with Crippen LogP contribution in [0.15, 0.2) is 64.6 Å². The van der Waals surface area contributed by atoms with Crippen LogP contribution in [-0.4, -0.2) is 22.9 Å². The van der Waals surface area contributed by atoms with Crippen molar-refractivity contribution >= 4 is 41.1 Å². The van der Waals surface area contributed by atoms with Crippen LogP contribution in [0.5, 0.6) is 0 Å². The van der Waals surface area contributed by atoms with E-state index in [4.69, 9.17) is 21.1 Å². The number of carboxylic acids is 1. The predicted octanol–water partition coefficient (Wildman–Crippen LogP) is 3.90. The lowest BCUT2D eigenvalue weighted by molar-refractivity contribution is -0.117.